The van der Waals surface area contributed by atoms with Gasteiger partial charge in [0.05, 0.1) is 23.1 Å². The highest BCUT2D eigenvalue weighted by Gasteiger charge is 2.44. The third-order valence-corrected chi connectivity index (χ3v) is 6.60. The van der Waals surface area contributed by atoms with Gasteiger partial charge in [-0.2, -0.15) is 9.61 Å². The van der Waals surface area contributed by atoms with Gasteiger partial charge in [0.2, 0.25) is 0 Å². The summed E-state index contributed by atoms with van der Waals surface area (Å²) >= 11 is 0. The van der Waals surface area contributed by atoms with Crippen LogP contribution in [0, 0.1) is 0 Å². The standard InChI is InChI=1S/C24H26N8O3/c1-12-8-15(26-9-12)5-6-17-19(13(2)33)20(25)32-21(29-17)16(11-28-32)14-4-7-18(27-10-14)24(3)22(34)30-23(35)31-24/h4,7,9-11,15,26H,5-6,8,25H2,1-3H3,(H2,30,31,34,35)/t15-,24?/m0/s1. The summed E-state index contributed by atoms with van der Waals surface area (Å²) in [6.07, 6.45) is 7.60. The molecule has 1 fully saturated rings. The van der Waals surface area contributed by atoms with Gasteiger partial charge in [0.25, 0.3) is 5.91 Å². The van der Waals surface area contributed by atoms with Crippen molar-refractivity contribution >= 4 is 29.2 Å². The second kappa shape index (κ2) is 8.19. The first-order valence-electron chi connectivity index (χ1n) is 11.4. The van der Waals surface area contributed by atoms with E-state index in [0.717, 1.165) is 12.8 Å². The normalized spacial score (nSPS) is 21.6. The van der Waals surface area contributed by atoms with Gasteiger partial charge in [-0.3, -0.25) is 19.9 Å². The van der Waals surface area contributed by atoms with Gasteiger partial charge in [0.15, 0.2) is 17.0 Å². The van der Waals surface area contributed by atoms with Crippen molar-refractivity contribution in [1.82, 2.24) is 35.5 Å². The number of nitrogens with zero attached hydrogens (tertiary/aromatic N) is 4. The molecule has 2 atom stereocenters. The highest BCUT2D eigenvalue weighted by Crippen LogP contribution is 2.30. The predicted molar refractivity (Wildman–Crippen MR) is 128 cm³/mol. The molecule has 0 aliphatic carbocycles. The molecule has 11 nitrogen and oxygen atoms in total. The van der Waals surface area contributed by atoms with E-state index < -0.39 is 17.5 Å². The maximum absolute atomic E-state index is 12.4. The Balaban J connectivity index is 1.50. The van der Waals surface area contributed by atoms with E-state index in [1.54, 1.807) is 31.5 Å². The number of amides is 3. The van der Waals surface area contributed by atoms with Crippen molar-refractivity contribution in [3.8, 4) is 11.1 Å². The zero-order chi connectivity index (χ0) is 24.9. The maximum Gasteiger partial charge on any atom is 0.322 e. The Morgan fingerprint density at radius 2 is 2.09 bits per heavy atom. The molecule has 3 aromatic heterocycles. The number of Topliss-reactive ketones (excluding diaryl/α,β-unsaturated/α-hetero) is 1. The fraction of sp³-hybridized carbons (Fsp3) is 0.333. The Morgan fingerprint density at radius 1 is 1.29 bits per heavy atom. The minimum Gasteiger partial charge on any atom is -0.388 e. The molecule has 0 spiro atoms. The molecular weight excluding hydrogens is 448 g/mol. The van der Waals surface area contributed by atoms with Crippen molar-refractivity contribution in [2.75, 3.05) is 5.73 Å². The van der Waals surface area contributed by atoms with Crippen LogP contribution in [0.25, 0.3) is 16.8 Å². The Bertz CT molecular complexity index is 1410. The topological polar surface area (TPSA) is 156 Å². The number of urea groups is 1. The number of nitrogen functional groups attached to an aromatic ring is 1. The number of imide groups is 1. The molecule has 5 rings (SSSR count). The lowest BCUT2D eigenvalue weighted by Crippen LogP contribution is -2.41. The van der Waals surface area contributed by atoms with Crippen molar-refractivity contribution < 1.29 is 14.4 Å². The Kier molecular flexibility index (Phi) is 5.27. The average Bonchev–Trinajstić information content (AvgIpc) is 3.49. The van der Waals surface area contributed by atoms with E-state index in [1.165, 1.54) is 17.0 Å². The first-order chi connectivity index (χ1) is 16.7. The van der Waals surface area contributed by atoms with Crippen LogP contribution >= 0.6 is 0 Å². The molecule has 2 aliphatic heterocycles. The summed E-state index contributed by atoms with van der Waals surface area (Å²) in [5.74, 6) is -0.370. The summed E-state index contributed by atoms with van der Waals surface area (Å²) < 4.78 is 1.47. The molecule has 5 heterocycles. The van der Waals surface area contributed by atoms with Gasteiger partial charge in [-0.1, -0.05) is 11.6 Å². The third kappa shape index (κ3) is 3.78. The third-order valence-electron chi connectivity index (χ3n) is 6.60. The number of hydrogen-bond donors (Lipinski definition) is 4. The summed E-state index contributed by atoms with van der Waals surface area (Å²) in [6, 6.07) is 3.21. The number of pyridine rings is 1. The van der Waals surface area contributed by atoms with Gasteiger partial charge in [-0.25, -0.2) is 9.78 Å². The SMILES string of the molecule is CC(=O)c1c(CC[C@H]2CC(C)=CN2)nc2c(-c3ccc(C4(C)NC(=O)NC4=O)nc3)cnn2c1N. The van der Waals surface area contributed by atoms with Crippen molar-refractivity contribution in [2.45, 2.75) is 51.6 Å². The van der Waals surface area contributed by atoms with Gasteiger partial charge in [-0.05, 0) is 52.3 Å². The highest BCUT2D eigenvalue weighted by atomic mass is 16.2. The number of hydrogen-bond acceptors (Lipinski definition) is 8. The van der Waals surface area contributed by atoms with E-state index >= 15 is 0 Å². The highest BCUT2D eigenvalue weighted by molar-refractivity contribution is 6.07. The fourth-order valence-electron chi connectivity index (χ4n) is 4.67. The van der Waals surface area contributed by atoms with E-state index in [9.17, 15) is 14.4 Å². The monoisotopic (exact) mass is 474 g/mol. The van der Waals surface area contributed by atoms with Crippen molar-refractivity contribution in [2.24, 2.45) is 0 Å². The molecule has 1 saturated heterocycles. The molecule has 180 valence electrons. The Hall–Kier alpha value is -4.28. The second-order valence-corrected chi connectivity index (χ2v) is 9.23. The number of aryl methyl sites for hydroxylation is 1. The van der Waals surface area contributed by atoms with E-state index in [0.29, 0.717) is 46.2 Å². The number of nitrogens with one attached hydrogen (secondary N) is 3. The summed E-state index contributed by atoms with van der Waals surface area (Å²) in [4.78, 5) is 45.5. The number of fused-ring (bicyclic) bond motifs is 1. The quantitative estimate of drug-likeness (QED) is 0.311. The number of carbonyl (C=O) groups excluding carboxylic acids is 3. The molecule has 0 bridgehead atoms. The van der Waals surface area contributed by atoms with Crippen LogP contribution < -0.4 is 21.7 Å². The fourth-order valence-corrected chi connectivity index (χ4v) is 4.67. The van der Waals surface area contributed by atoms with Crippen molar-refractivity contribution in [3.63, 3.8) is 0 Å². The lowest BCUT2D eigenvalue weighted by atomic mass is 9.96. The molecular formula is C24H26N8O3. The van der Waals surface area contributed by atoms with Gasteiger partial charge < -0.3 is 16.4 Å². The van der Waals surface area contributed by atoms with Gasteiger partial charge in [0, 0.05) is 23.4 Å². The van der Waals surface area contributed by atoms with E-state index in [1.807, 2.05) is 6.20 Å². The number of rotatable bonds is 6. The van der Waals surface area contributed by atoms with Gasteiger partial charge in [0.1, 0.15) is 5.82 Å². The number of aromatic nitrogens is 4. The van der Waals surface area contributed by atoms with Crippen molar-refractivity contribution in [1.29, 1.82) is 0 Å². The summed E-state index contributed by atoms with van der Waals surface area (Å²) in [5.41, 5.74) is 9.78. The molecule has 5 N–H and O–H groups in total. The molecule has 3 amide bonds. The van der Waals surface area contributed by atoms with E-state index in [2.05, 4.69) is 33.0 Å². The summed E-state index contributed by atoms with van der Waals surface area (Å²) in [5, 5.41) is 12.6. The first-order valence-corrected chi connectivity index (χ1v) is 11.4. The number of ketones is 1. The van der Waals surface area contributed by atoms with Gasteiger partial charge in [-0.15, -0.1) is 0 Å². The number of carbonyl (C=O) groups is 3. The molecule has 3 aromatic rings. The lowest BCUT2D eigenvalue weighted by molar-refractivity contribution is -0.123. The molecule has 0 saturated carbocycles. The van der Waals surface area contributed by atoms with Crippen LogP contribution in [0.2, 0.25) is 0 Å². The minimum absolute atomic E-state index is 0.159. The van der Waals surface area contributed by atoms with Crippen molar-refractivity contribution in [3.05, 3.63) is 53.3 Å². The molecule has 35 heavy (non-hydrogen) atoms. The van der Waals surface area contributed by atoms with Gasteiger partial charge >= 0.3 is 6.03 Å². The van der Waals surface area contributed by atoms with Crippen LogP contribution in [0.15, 0.2) is 36.3 Å². The molecule has 2 aliphatic rings. The maximum atomic E-state index is 12.4. The molecule has 1 unspecified atom stereocenters. The van der Waals surface area contributed by atoms with Crippen LogP contribution in [0.5, 0.6) is 0 Å². The van der Waals surface area contributed by atoms with Crippen LogP contribution in [0.1, 0.15) is 55.4 Å². The second-order valence-electron chi connectivity index (χ2n) is 9.23. The van der Waals surface area contributed by atoms with Crippen LogP contribution in [-0.4, -0.2) is 43.3 Å². The van der Waals surface area contributed by atoms with Crippen LogP contribution in [0.3, 0.4) is 0 Å². The first kappa shape index (κ1) is 22.5. The zero-order valence-electron chi connectivity index (χ0n) is 19.7. The largest absolute Gasteiger partial charge is 0.388 e. The summed E-state index contributed by atoms with van der Waals surface area (Å²) in [7, 11) is 0. The van der Waals surface area contributed by atoms with Crippen LogP contribution in [0.4, 0.5) is 10.6 Å². The van der Waals surface area contributed by atoms with Crippen LogP contribution in [-0.2, 0) is 16.8 Å². The van der Waals surface area contributed by atoms with E-state index in [-0.39, 0.29) is 11.6 Å². The predicted octanol–water partition coefficient (Wildman–Crippen LogP) is 1.83. The smallest absolute Gasteiger partial charge is 0.322 e. The average molecular weight is 475 g/mol. The number of nitrogens with two attached hydrogens (primary N) is 1. The Morgan fingerprint density at radius 3 is 2.69 bits per heavy atom. The number of anilines is 1. The summed E-state index contributed by atoms with van der Waals surface area (Å²) in [6.45, 7) is 5.16. The molecule has 11 heteroatoms. The molecule has 0 radical (unpaired) electrons. The van der Waals surface area contributed by atoms with E-state index in [4.69, 9.17) is 10.7 Å². The Labute approximate surface area is 201 Å². The zero-order valence-corrected chi connectivity index (χ0v) is 19.7. The molecule has 0 aromatic carbocycles. The minimum atomic E-state index is -1.25. The lowest BCUT2D eigenvalue weighted by Gasteiger charge is -2.19.